The number of anilines is 1. The molecule has 0 unspecified atom stereocenters. The van der Waals surface area contributed by atoms with E-state index >= 15 is 0 Å². The van der Waals surface area contributed by atoms with Crippen LogP contribution < -0.4 is 4.90 Å². The van der Waals surface area contributed by atoms with Crippen LogP contribution in [0.3, 0.4) is 0 Å². The molecule has 0 N–H and O–H groups in total. The average Bonchev–Trinajstić information content (AvgIpc) is 2.27. The van der Waals surface area contributed by atoms with Gasteiger partial charge in [0, 0.05) is 30.3 Å². The average molecular weight is 277 g/mol. The Kier molecular flexibility index (Phi) is 4.89. The normalized spacial score (nSPS) is 14.4. The van der Waals surface area contributed by atoms with Crippen molar-refractivity contribution in [2.45, 2.75) is 33.7 Å². The van der Waals surface area contributed by atoms with E-state index in [2.05, 4.69) is 63.4 Å². The zero-order valence-electron chi connectivity index (χ0n) is 11.6. The molecule has 0 aromatic heterocycles. The van der Waals surface area contributed by atoms with Gasteiger partial charge >= 0.3 is 0 Å². The smallest absolute Gasteiger partial charge is 0.0231 e. The van der Waals surface area contributed by atoms with Crippen LogP contribution in [0.15, 0.2) is 36.6 Å². The van der Waals surface area contributed by atoms with Crippen LogP contribution in [0.1, 0.15) is 33.3 Å². The van der Waals surface area contributed by atoms with Crippen LogP contribution in [0.25, 0.3) is 5.57 Å². The van der Waals surface area contributed by atoms with Gasteiger partial charge in [-0.25, -0.2) is 0 Å². The summed E-state index contributed by atoms with van der Waals surface area (Å²) >= 11 is 0. The first-order valence-corrected chi connectivity index (χ1v) is 6.22. The van der Waals surface area contributed by atoms with Gasteiger partial charge in [0.15, 0.2) is 0 Å². The SMILES string of the molecule is C=C1C=C(C(C)C)c2cc[c-]cc2N1C(C)C.[V]. The molecule has 1 aliphatic rings. The van der Waals surface area contributed by atoms with Crippen molar-refractivity contribution in [3.05, 3.63) is 48.2 Å². The minimum Gasteiger partial charge on any atom is -0.393 e. The standard InChI is InChI=1S/C16H20N.V/c1-11(2)15-10-13(5)17(12(3)4)16-9-7-6-8-14(15)16;/h6,8-12H,5H2,1-4H3;/q-1;. The molecule has 18 heavy (non-hydrogen) atoms. The maximum atomic E-state index is 4.18. The van der Waals surface area contributed by atoms with Crippen LogP contribution in [-0.4, -0.2) is 6.04 Å². The molecule has 1 aromatic carbocycles. The van der Waals surface area contributed by atoms with E-state index in [1.165, 1.54) is 16.8 Å². The molecule has 0 spiro atoms. The number of hydrogen-bond acceptors (Lipinski definition) is 1. The Balaban J connectivity index is 0.00000162. The first-order valence-electron chi connectivity index (χ1n) is 6.22. The number of benzene rings is 1. The fourth-order valence-electron chi connectivity index (χ4n) is 2.43. The summed E-state index contributed by atoms with van der Waals surface area (Å²) in [6.07, 6.45) is 2.22. The minimum atomic E-state index is 0. The van der Waals surface area contributed by atoms with Crippen molar-refractivity contribution in [2.24, 2.45) is 5.92 Å². The maximum absolute atomic E-state index is 4.18. The minimum absolute atomic E-state index is 0. The Hall–Kier alpha value is -0.916. The molecule has 0 saturated heterocycles. The number of rotatable bonds is 2. The van der Waals surface area contributed by atoms with E-state index in [4.69, 9.17) is 0 Å². The van der Waals surface area contributed by atoms with E-state index in [1.54, 1.807) is 0 Å². The molecular weight excluding hydrogens is 257 g/mol. The number of nitrogens with zero attached hydrogens (tertiary/aromatic N) is 1. The summed E-state index contributed by atoms with van der Waals surface area (Å²) < 4.78 is 0. The molecule has 1 aromatic rings. The topological polar surface area (TPSA) is 3.24 Å². The quantitative estimate of drug-likeness (QED) is 0.730. The molecule has 95 valence electrons. The van der Waals surface area contributed by atoms with Gasteiger partial charge in [-0.2, -0.15) is 24.3 Å². The monoisotopic (exact) mass is 277 g/mol. The van der Waals surface area contributed by atoms with Crippen LogP contribution in [0.2, 0.25) is 0 Å². The second kappa shape index (κ2) is 5.82. The molecule has 0 atom stereocenters. The van der Waals surface area contributed by atoms with Gasteiger partial charge in [0.05, 0.1) is 0 Å². The van der Waals surface area contributed by atoms with E-state index in [0.717, 1.165) is 5.70 Å². The molecule has 1 aliphatic heterocycles. The third-order valence-corrected chi connectivity index (χ3v) is 3.18. The van der Waals surface area contributed by atoms with Crippen LogP contribution >= 0.6 is 0 Å². The van der Waals surface area contributed by atoms with Crippen molar-refractivity contribution in [3.8, 4) is 0 Å². The number of hydrogen-bond donors (Lipinski definition) is 0. The summed E-state index contributed by atoms with van der Waals surface area (Å²) in [5, 5.41) is 0. The Morgan fingerprint density at radius 1 is 1.22 bits per heavy atom. The van der Waals surface area contributed by atoms with Crippen LogP contribution in [0.5, 0.6) is 0 Å². The van der Waals surface area contributed by atoms with E-state index in [1.807, 2.05) is 6.07 Å². The van der Waals surface area contributed by atoms with Gasteiger partial charge in [-0.05, 0) is 25.8 Å². The second-order valence-corrected chi connectivity index (χ2v) is 5.15. The van der Waals surface area contributed by atoms with Gasteiger partial charge in [0.25, 0.3) is 0 Å². The zero-order valence-corrected chi connectivity index (χ0v) is 13.0. The number of fused-ring (bicyclic) bond motifs is 1. The fourth-order valence-corrected chi connectivity index (χ4v) is 2.43. The van der Waals surface area contributed by atoms with Gasteiger partial charge < -0.3 is 4.90 Å². The zero-order chi connectivity index (χ0) is 12.6. The molecular formula is C16H20NV-. The molecule has 0 bridgehead atoms. The van der Waals surface area contributed by atoms with Crippen molar-refractivity contribution in [1.82, 2.24) is 0 Å². The van der Waals surface area contributed by atoms with Crippen LogP contribution in [-0.2, 0) is 18.6 Å². The Morgan fingerprint density at radius 3 is 2.44 bits per heavy atom. The summed E-state index contributed by atoms with van der Waals surface area (Å²) in [6.45, 7) is 13.0. The largest absolute Gasteiger partial charge is 0.393 e. The third-order valence-electron chi connectivity index (χ3n) is 3.18. The van der Waals surface area contributed by atoms with E-state index in [9.17, 15) is 0 Å². The Bertz CT molecular complexity index is 472. The van der Waals surface area contributed by atoms with Crippen molar-refractivity contribution in [2.75, 3.05) is 4.90 Å². The third kappa shape index (κ3) is 2.58. The van der Waals surface area contributed by atoms with Crippen molar-refractivity contribution in [3.63, 3.8) is 0 Å². The van der Waals surface area contributed by atoms with Gasteiger partial charge in [0.2, 0.25) is 0 Å². The molecule has 0 amide bonds. The molecule has 1 heterocycles. The molecule has 2 rings (SSSR count). The Morgan fingerprint density at radius 2 is 1.89 bits per heavy atom. The predicted molar refractivity (Wildman–Crippen MR) is 74.8 cm³/mol. The number of allylic oxidation sites excluding steroid dienone is 2. The molecule has 0 fully saturated rings. The first kappa shape index (κ1) is 15.1. The van der Waals surface area contributed by atoms with Crippen molar-refractivity contribution >= 4 is 11.3 Å². The van der Waals surface area contributed by atoms with Crippen LogP contribution in [0, 0.1) is 12.0 Å². The van der Waals surface area contributed by atoms with Gasteiger partial charge in [-0.1, -0.05) is 31.7 Å². The van der Waals surface area contributed by atoms with Gasteiger partial charge in [-0.15, -0.1) is 5.56 Å². The molecule has 1 radical (unpaired) electrons. The fraction of sp³-hybridized carbons (Fsp3) is 0.375. The predicted octanol–water partition coefficient (Wildman–Crippen LogP) is 4.27. The molecule has 0 aliphatic carbocycles. The molecule has 0 saturated carbocycles. The van der Waals surface area contributed by atoms with Crippen molar-refractivity contribution < 1.29 is 18.6 Å². The summed E-state index contributed by atoms with van der Waals surface area (Å²) in [5.41, 5.74) is 5.00. The summed E-state index contributed by atoms with van der Waals surface area (Å²) in [6, 6.07) is 9.80. The summed E-state index contributed by atoms with van der Waals surface area (Å²) in [7, 11) is 0. The first-order chi connectivity index (χ1) is 8.02. The van der Waals surface area contributed by atoms with Crippen LogP contribution in [0.4, 0.5) is 5.69 Å². The van der Waals surface area contributed by atoms with E-state index in [0.29, 0.717) is 12.0 Å². The molecule has 2 heteroatoms. The van der Waals surface area contributed by atoms with Gasteiger partial charge in [-0.3, -0.25) is 0 Å². The second-order valence-electron chi connectivity index (χ2n) is 5.15. The maximum Gasteiger partial charge on any atom is 0.0231 e. The summed E-state index contributed by atoms with van der Waals surface area (Å²) in [5.74, 6) is 0.516. The van der Waals surface area contributed by atoms with Gasteiger partial charge in [0.1, 0.15) is 0 Å². The molecule has 1 nitrogen and oxygen atoms in total. The van der Waals surface area contributed by atoms with E-state index < -0.39 is 0 Å². The van der Waals surface area contributed by atoms with E-state index in [-0.39, 0.29) is 18.6 Å². The van der Waals surface area contributed by atoms with Crippen molar-refractivity contribution in [1.29, 1.82) is 0 Å². The summed E-state index contributed by atoms with van der Waals surface area (Å²) in [4.78, 5) is 2.28. The Labute approximate surface area is 122 Å².